The number of Topliss-reactive ketones (excluding diaryl/α,β-unsaturated/α-hetero) is 1. The van der Waals surface area contributed by atoms with Gasteiger partial charge in [0.1, 0.15) is 5.78 Å². The van der Waals surface area contributed by atoms with Gasteiger partial charge in [-0.15, -0.1) is 0 Å². The molecule has 0 amide bonds. The van der Waals surface area contributed by atoms with Crippen molar-refractivity contribution in [2.45, 2.75) is 70.3 Å². The van der Waals surface area contributed by atoms with E-state index in [1.807, 2.05) is 0 Å². The maximum atomic E-state index is 11.1. The molecule has 2 heteroatoms. The first-order chi connectivity index (χ1) is 7.84. The van der Waals surface area contributed by atoms with Gasteiger partial charge in [0.05, 0.1) is 0 Å². The van der Waals surface area contributed by atoms with Gasteiger partial charge in [0.25, 0.3) is 0 Å². The van der Waals surface area contributed by atoms with Crippen LogP contribution < -0.4 is 5.32 Å². The van der Waals surface area contributed by atoms with Crippen molar-refractivity contribution in [1.29, 1.82) is 0 Å². The molecule has 92 valence electrons. The summed E-state index contributed by atoms with van der Waals surface area (Å²) in [7, 11) is 0. The summed E-state index contributed by atoms with van der Waals surface area (Å²) in [6.07, 6.45) is 12.3. The molecule has 16 heavy (non-hydrogen) atoms. The molecular weight excluding hydrogens is 198 g/mol. The topological polar surface area (TPSA) is 29.1 Å². The monoisotopic (exact) mass is 223 g/mol. The fourth-order valence-corrected chi connectivity index (χ4v) is 3.02. The average molecular weight is 223 g/mol. The van der Waals surface area contributed by atoms with Crippen molar-refractivity contribution in [3.63, 3.8) is 0 Å². The summed E-state index contributed by atoms with van der Waals surface area (Å²) in [5.41, 5.74) is 0. The van der Waals surface area contributed by atoms with Crippen molar-refractivity contribution in [3.05, 3.63) is 0 Å². The molecule has 2 aliphatic rings. The van der Waals surface area contributed by atoms with Gasteiger partial charge in [0.15, 0.2) is 0 Å². The molecule has 2 aliphatic carbocycles. The maximum Gasteiger partial charge on any atom is 0.132 e. The number of nitrogens with one attached hydrogen (secondary N) is 1. The maximum absolute atomic E-state index is 11.1. The Morgan fingerprint density at radius 1 is 0.938 bits per heavy atom. The third-order valence-electron chi connectivity index (χ3n) is 4.21. The second-order valence-electron chi connectivity index (χ2n) is 5.58. The van der Waals surface area contributed by atoms with E-state index in [9.17, 15) is 4.79 Å². The van der Waals surface area contributed by atoms with Gasteiger partial charge in [0.2, 0.25) is 0 Å². The van der Waals surface area contributed by atoms with E-state index in [-0.39, 0.29) is 0 Å². The summed E-state index contributed by atoms with van der Waals surface area (Å²) in [6.45, 7) is 1.15. The molecule has 0 aliphatic heterocycles. The van der Waals surface area contributed by atoms with Gasteiger partial charge in [-0.05, 0) is 38.1 Å². The Morgan fingerprint density at radius 2 is 1.56 bits per heavy atom. The highest BCUT2D eigenvalue weighted by molar-refractivity contribution is 5.79. The lowest BCUT2D eigenvalue weighted by molar-refractivity contribution is -0.120. The molecule has 0 unspecified atom stereocenters. The van der Waals surface area contributed by atoms with E-state index in [0.29, 0.717) is 5.78 Å². The first-order valence-corrected chi connectivity index (χ1v) is 7.09. The average Bonchev–Trinajstić information content (AvgIpc) is 2.57. The molecule has 0 radical (unpaired) electrons. The molecule has 0 atom stereocenters. The zero-order valence-corrected chi connectivity index (χ0v) is 10.3. The number of carbonyl (C=O) groups is 1. The summed E-state index contributed by atoms with van der Waals surface area (Å²) in [6, 6.07) is 0.764. The molecule has 2 nitrogen and oxygen atoms in total. The Labute approximate surface area is 99.2 Å². The van der Waals surface area contributed by atoms with Crippen molar-refractivity contribution in [2.75, 3.05) is 6.54 Å². The molecule has 2 saturated carbocycles. The lowest BCUT2D eigenvalue weighted by Crippen LogP contribution is -2.34. The minimum absolute atomic E-state index is 0.478. The molecule has 1 N–H and O–H groups in total. The Hall–Kier alpha value is -0.370. The van der Waals surface area contributed by atoms with Crippen molar-refractivity contribution in [2.24, 2.45) is 5.92 Å². The van der Waals surface area contributed by atoms with Crippen molar-refractivity contribution < 1.29 is 4.79 Å². The molecule has 0 aromatic rings. The molecular formula is C14H25NO. The van der Waals surface area contributed by atoms with Crippen LogP contribution in [0.15, 0.2) is 0 Å². The quantitative estimate of drug-likeness (QED) is 0.745. The third-order valence-corrected chi connectivity index (χ3v) is 4.21. The second kappa shape index (κ2) is 6.39. The van der Waals surface area contributed by atoms with E-state index in [0.717, 1.165) is 44.2 Å². The van der Waals surface area contributed by atoms with Crippen LogP contribution >= 0.6 is 0 Å². The highest BCUT2D eigenvalue weighted by Crippen LogP contribution is 2.22. The van der Waals surface area contributed by atoms with Crippen molar-refractivity contribution in [3.8, 4) is 0 Å². The Morgan fingerprint density at radius 3 is 2.19 bits per heavy atom. The van der Waals surface area contributed by atoms with Crippen LogP contribution in [0.3, 0.4) is 0 Å². The number of hydrogen-bond acceptors (Lipinski definition) is 2. The summed E-state index contributed by atoms with van der Waals surface area (Å²) in [5.74, 6) is 1.24. The zero-order valence-electron chi connectivity index (χ0n) is 10.3. The highest BCUT2D eigenvalue weighted by atomic mass is 16.1. The minimum Gasteiger partial charge on any atom is -0.314 e. The van der Waals surface area contributed by atoms with Gasteiger partial charge in [0, 0.05) is 18.9 Å². The van der Waals surface area contributed by atoms with Gasteiger partial charge >= 0.3 is 0 Å². The molecule has 0 spiro atoms. The van der Waals surface area contributed by atoms with Gasteiger partial charge in [-0.3, -0.25) is 4.79 Å². The van der Waals surface area contributed by atoms with E-state index in [1.54, 1.807) is 0 Å². The molecule has 2 fully saturated rings. The fraction of sp³-hybridized carbons (Fsp3) is 0.929. The Balaban J connectivity index is 1.64. The van der Waals surface area contributed by atoms with Crippen LogP contribution in [-0.4, -0.2) is 18.4 Å². The van der Waals surface area contributed by atoms with Gasteiger partial charge in [-0.2, -0.15) is 0 Å². The molecule has 0 aromatic carbocycles. The summed E-state index contributed by atoms with van der Waals surface area (Å²) < 4.78 is 0. The molecule has 0 saturated heterocycles. The number of rotatable bonds is 3. The predicted molar refractivity (Wildman–Crippen MR) is 66.5 cm³/mol. The highest BCUT2D eigenvalue weighted by Gasteiger charge is 2.20. The van der Waals surface area contributed by atoms with Crippen LogP contribution in [0.1, 0.15) is 64.2 Å². The molecule has 0 heterocycles. The SMILES string of the molecule is O=C1CCC(CNC2CCCCCC2)CC1. The van der Waals surface area contributed by atoms with Crippen LogP contribution in [0, 0.1) is 5.92 Å². The van der Waals surface area contributed by atoms with Crippen molar-refractivity contribution in [1.82, 2.24) is 5.32 Å². The first-order valence-electron chi connectivity index (χ1n) is 7.09. The van der Waals surface area contributed by atoms with Gasteiger partial charge in [-0.25, -0.2) is 0 Å². The number of hydrogen-bond donors (Lipinski definition) is 1. The molecule has 0 bridgehead atoms. The third kappa shape index (κ3) is 3.89. The molecule has 2 rings (SSSR count). The fourth-order valence-electron chi connectivity index (χ4n) is 3.02. The van der Waals surface area contributed by atoms with E-state index < -0.39 is 0 Å². The largest absolute Gasteiger partial charge is 0.314 e. The van der Waals surface area contributed by atoms with Gasteiger partial charge < -0.3 is 5.32 Å². The van der Waals surface area contributed by atoms with E-state index >= 15 is 0 Å². The summed E-state index contributed by atoms with van der Waals surface area (Å²) >= 11 is 0. The normalized spacial score (nSPS) is 25.6. The van der Waals surface area contributed by atoms with Crippen LogP contribution in [0.25, 0.3) is 0 Å². The Bertz CT molecular complexity index is 209. The molecule has 0 aromatic heterocycles. The van der Waals surface area contributed by atoms with Gasteiger partial charge in [-0.1, -0.05) is 25.7 Å². The summed E-state index contributed by atoms with van der Waals surface area (Å²) in [5, 5.41) is 3.73. The van der Waals surface area contributed by atoms with Crippen molar-refractivity contribution >= 4 is 5.78 Å². The van der Waals surface area contributed by atoms with E-state index in [2.05, 4.69) is 5.32 Å². The van der Waals surface area contributed by atoms with Crippen LogP contribution in [-0.2, 0) is 4.79 Å². The lowest BCUT2D eigenvalue weighted by Gasteiger charge is -2.24. The second-order valence-corrected chi connectivity index (χ2v) is 5.58. The lowest BCUT2D eigenvalue weighted by atomic mass is 9.88. The van der Waals surface area contributed by atoms with E-state index in [4.69, 9.17) is 0 Å². The zero-order chi connectivity index (χ0) is 11.2. The Kier molecular flexibility index (Phi) is 4.83. The standard InChI is InChI=1S/C14H25NO/c16-14-9-7-12(8-10-14)11-15-13-5-3-1-2-4-6-13/h12-13,15H,1-11H2. The van der Waals surface area contributed by atoms with Crippen LogP contribution in [0.4, 0.5) is 0 Å². The van der Waals surface area contributed by atoms with E-state index in [1.165, 1.54) is 38.5 Å². The smallest absolute Gasteiger partial charge is 0.132 e. The van der Waals surface area contributed by atoms with Crippen LogP contribution in [0.2, 0.25) is 0 Å². The minimum atomic E-state index is 0.478. The number of ketones is 1. The van der Waals surface area contributed by atoms with Crippen LogP contribution in [0.5, 0.6) is 0 Å². The predicted octanol–water partition coefficient (Wildman–Crippen LogP) is 3.06. The first kappa shape index (κ1) is 12.1. The summed E-state index contributed by atoms with van der Waals surface area (Å²) in [4.78, 5) is 11.1. The number of carbonyl (C=O) groups excluding carboxylic acids is 1.